The van der Waals surface area contributed by atoms with E-state index in [1.165, 1.54) is 5.56 Å². The molecule has 1 unspecified atom stereocenters. The summed E-state index contributed by atoms with van der Waals surface area (Å²) in [5.41, 5.74) is 2.58. The summed E-state index contributed by atoms with van der Waals surface area (Å²) in [5.74, 6) is 0. The molecular weight excluding hydrogens is 242 g/mol. The van der Waals surface area contributed by atoms with E-state index < -0.39 is 0 Å². The molecule has 0 fully saturated rings. The zero-order valence-corrected chi connectivity index (χ0v) is 11.9. The van der Waals surface area contributed by atoms with Crippen LogP contribution in [0.2, 0.25) is 0 Å². The van der Waals surface area contributed by atoms with Gasteiger partial charge in [0.1, 0.15) is 0 Å². The minimum atomic E-state index is 0.367. The van der Waals surface area contributed by atoms with E-state index in [1.807, 2.05) is 17.9 Å². The highest BCUT2D eigenvalue weighted by atomic mass is 32.1. The molecule has 0 aliphatic heterocycles. The number of nitrogens with zero attached hydrogens (tertiary/aromatic N) is 2. The van der Waals surface area contributed by atoms with Gasteiger partial charge in [0.25, 0.3) is 0 Å². The summed E-state index contributed by atoms with van der Waals surface area (Å²) in [6.07, 6.45) is 5.39. The highest BCUT2D eigenvalue weighted by molar-refractivity contribution is 7.07. The fourth-order valence-electron chi connectivity index (χ4n) is 2.04. The second-order valence-corrected chi connectivity index (χ2v) is 5.37. The molecule has 1 N–H and O–H groups in total. The Kier molecular flexibility index (Phi) is 4.96. The Labute approximate surface area is 113 Å². The molecule has 0 aliphatic carbocycles. The van der Waals surface area contributed by atoms with Crippen LogP contribution in [-0.4, -0.2) is 16.3 Å². The summed E-state index contributed by atoms with van der Waals surface area (Å²) in [6, 6.07) is 4.69. The third-order valence-corrected chi connectivity index (χ3v) is 3.77. The monoisotopic (exact) mass is 263 g/mol. The van der Waals surface area contributed by atoms with E-state index in [-0.39, 0.29) is 0 Å². The maximum atomic E-state index is 4.52. The summed E-state index contributed by atoms with van der Waals surface area (Å²) in [5, 5.41) is 12.5. The van der Waals surface area contributed by atoms with Gasteiger partial charge in [-0.05, 0) is 54.3 Å². The molecule has 0 saturated heterocycles. The van der Waals surface area contributed by atoms with E-state index in [2.05, 4.69) is 40.2 Å². The zero-order valence-electron chi connectivity index (χ0n) is 11.1. The van der Waals surface area contributed by atoms with Gasteiger partial charge >= 0.3 is 0 Å². The van der Waals surface area contributed by atoms with E-state index >= 15 is 0 Å². The van der Waals surface area contributed by atoms with Crippen LogP contribution < -0.4 is 5.32 Å². The van der Waals surface area contributed by atoms with Crippen LogP contribution in [0.3, 0.4) is 0 Å². The molecule has 4 heteroatoms. The zero-order chi connectivity index (χ0) is 12.8. The molecule has 0 radical (unpaired) electrons. The van der Waals surface area contributed by atoms with Gasteiger partial charge in [0, 0.05) is 13.2 Å². The fourth-order valence-corrected chi connectivity index (χ4v) is 2.74. The molecule has 18 heavy (non-hydrogen) atoms. The largest absolute Gasteiger partial charge is 0.309 e. The molecule has 0 spiro atoms. The van der Waals surface area contributed by atoms with Crippen molar-refractivity contribution in [2.75, 3.05) is 6.54 Å². The van der Waals surface area contributed by atoms with Crippen molar-refractivity contribution in [3.63, 3.8) is 0 Å². The Balaban J connectivity index is 1.96. The predicted octanol–water partition coefficient (Wildman–Crippen LogP) is 3.16. The number of aromatic nitrogens is 2. The van der Waals surface area contributed by atoms with Crippen LogP contribution in [0, 0.1) is 0 Å². The molecule has 3 nitrogen and oxygen atoms in total. The average Bonchev–Trinajstić information content (AvgIpc) is 3.01. The minimum absolute atomic E-state index is 0.367. The van der Waals surface area contributed by atoms with E-state index in [4.69, 9.17) is 0 Å². The molecule has 2 rings (SSSR count). The molecular formula is C14H21N3S. The first-order valence-corrected chi connectivity index (χ1v) is 7.48. The maximum absolute atomic E-state index is 4.52. The molecule has 0 saturated carbocycles. The normalized spacial score (nSPS) is 12.8. The Hall–Kier alpha value is -1.13. The molecule has 0 bridgehead atoms. The van der Waals surface area contributed by atoms with Crippen molar-refractivity contribution >= 4 is 11.3 Å². The lowest BCUT2D eigenvalue weighted by molar-refractivity contribution is 0.483. The summed E-state index contributed by atoms with van der Waals surface area (Å²) < 4.78 is 1.88. The number of hydrogen-bond acceptors (Lipinski definition) is 3. The Morgan fingerprint density at radius 3 is 2.94 bits per heavy atom. The van der Waals surface area contributed by atoms with Gasteiger partial charge in [-0.1, -0.05) is 6.92 Å². The summed E-state index contributed by atoms with van der Waals surface area (Å²) in [7, 11) is 1.97. The molecule has 98 valence electrons. The van der Waals surface area contributed by atoms with Crippen LogP contribution in [0.1, 0.15) is 37.1 Å². The second-order valence-electron chi connectivity index (χ2n) is 4.59. The van der Waals surface area contributed by atoms with Gasteiger partial charge in [0.2, 0.25) is 0 Å². The lowest BCUT2D eigenvalue weighted by Gasteiger charge is -2.16. The Bertz CT molecular complexity index is 447. The summed E-state index contributed by atoms with van der Waals surface area (Å²) in [6.45, 7) is 3.24. The number of thiophene rings is 1. The summed E-state index contributed by atoms with van der Waals surface area (Å²) in [4.78, 5) is 0. The van der Waals surface area contributed by atoms with Crippen molar-refractivity contribution in [2.24, 2.45) is 7.05 Å². The van der Waals surface area contributed by atoms with Gasteiger partial charge in [-0.3, -0.25) is 4.68 Å². The average molecular weight is 263 g/mol. The summed E-state index contributed by atoms with van der Waals surface area (Å²) >= 11 is 1.77. The van der Waals surface area contributed by atoms with E-state index in [9.17, 15) is 0 Å². The first-order chi connectivity index (χ1) is 8.79. The number of aryl methyl sites for hydroxylation is 2. The van der Waals surface area contributed by atoms with Crippen LogP contribution in [0.25, 0.3) is 0 Å². The van der Waals surface area contributed by atoms with Gasteiger partial charge < -0.3 is 5.32 Å². The van der Waals surface area contributed by atoms with Crippen molar-refractivity contribution < 1.29 is 0 Å². The topological polar surface area (TPSA) is 29.9 Å². The third kappa shape index (κ3) is 3.68. The van der Waals surface area contributed by atoms with Crippen molar-refractivity contribution in [1.82, 2.24) is 15.1 Å². The molecule has 2 heterocycles. The van der Waals surface area contributed by atoms with Gasteiger partial charge in [-0.25, -0.2) is 0 Å². The number of nitrogens with one attached hydrogen (secondary N) is 1. The van der Waals surface area contributed by atoms with E-state index in [1.54, 1.807) is 11.3 Å². The van der Waals surface area contributed by atoms with Gasteiger partial charge in [0.15, 0.2) is 0 Å². The van der Waals surface area contributed by atoms with Crippen LogP contribution in [0.15, 0.2) is 29.1 Å². The van der Waals surface area contributed by atoms with Crippen LogP contribution in [0.5, 0.6) is 0 Å². The van der Waals surface area contributed by atoms with Crippen LogP contribution in [-0.2, 0) is 13.5 Å². The smallest absolute Gasteiger partial charge is 0.0793 e. The lowest BCUT2D eigenvalue weighted by Crippen LogP contribution is -2.23. The first-order valence-electron chi connectivity index (χ1n) is 6.53. The molecule has 0 amide bonds. The van der Waals surface area contributed by atoms with Crippen molar-refractivity contribution in [3.8, 4) is 0 Å². The van der Waals surface area contributed by atoms with Gasteiger partial charge in [-0.2, -0.15) is 16.4 Å². The fraction of sp³-hybridized carbons (Fsp3) is 0.500. The predicted molar refractivity (Wildman–Crippen MR) is 76.9 cm³/mol. The minimum Gasteiger partial charge on any atom is -0.309 e. The van der Waals surface area contributed by atoms with Crippen molar-refractivity contribution in [1.29, 1.82) is 0 Å². The van der Waals surface area contributed by atoms with Crippen LogP contribution >= 0.6 is 11.3 Å². The molecule has 1 atom stereocenters. The number of rotatable bonds is 7. The Morgan fingerprint density at radius 2 is 2.33 bits per heavy atom. The third-order valence-electron chi connectivity index (χ3n) is 3.03. The molecule has 0 aliphatic rings. The van der Waals surface area contributed by atoms with E-state index in [0.717, 1.165) is 31.5 Å². The molecule has 2 aromatic rings. The van der Waals surface area contributed by atoms with Gasteiger partial charge in [-0.15, -0.1) is 0 Å². The number of hydrogen-bond donors (Lipinski definition) is 1. The van der Waals surface area contributed by atoms with Crippen LogP contribution in [0.4, 0.5) is 0 Å². The highest BCUT2D eigenvalue weighted by Crippen LogP contribution is 2.18. The van der Waals surface area contributed by atoms with Crippen molar-refractivity contribution in [3.05, 3.63) is 40.3 Å². The SMILES string of the molecule is CCCNC(CCc1ccsc1)c1ccn(C)n1. The quantitative estimate of drug-likeness (QED) is 0.831. The van der Waals surface area contributed by atoms with E-state index in [0.29, 0.717) is 6.04 Å². The van der Waals surface area contributed by atoms with Gasteiger partial charge in [0.05, 0.1) is 11.7 Å². The first kappa shape index (κ1) is 13.3. The molecule has 2 aromatic heterocycles. The maximum Gasteiger partial charge on any atom is 0.0793 e. The van der Waals surface area contributed by atoms with Crippen molar-refractivity contribution in [2.45, 2.75) is 32.2 Å². The standard InChI is InChI=1S/C14H21N3S/c1-3-8-15-13(14-6-9-17(2)16-14)5-4-12-7-10-18-11-12/h6-7,9-11,13,15H,3-5,8H2,1-2H3. The molecule has 0 aromatic carbocycles. The lowest BCUT2D eigenvalue weighted by atomic mass is 10.0. The highest BCUT2D eigenvalue weighted by Gasteiger charge is 2.13. The second kappa shape index (κ2) is 6.71. The Morgan fingerprint density at radius 1 is 1.44 bits per heavy atom.